The van der Waals surface area contributed by atoms with Crippen LogP contribution < -0.4 is 5.32 Å². The highest BCUT2D eigenvalue weighted by Gasteiger charge is 2.52. The van der Waals surface area contributed by atoms with Gasteiger partial charge in [-0.1, -0.05) is 26.2 Å². The lowest BCUT2D eigenvalue weighted by Gasteiger charge is -2.41. The van der Waals surface area contributed by atoms with Crippen molar-refractivity contribution in [1.82, 2.24) is 10.2 Å². The van der Waals surface area contributed by atoms with Crippen molar-refractivity contribution in [3.8, 4) is 0 Å². The van der Waals surface area contributed by atoms with Crippen LogP contribution in [0.3, 0.4) is 0 Å². The summed E-state index contributed by atoms with van der Waals surface area (Å²) in [5.41, 5.74) is -0.328. The van der Waals surface area contributed by atoms with Crippen LogP contribution in [0.15, 0.2) is 0 Å². The summed E-state index contributed by atoms with van der Waals surface area (Å²) >= 11 is 0. The van der Waals surface area contributed by atoms with Gasteiger partial charge in [-0.05, 0) is 57.8 Å². The Bertz CT molecular complexity index is 373. The van der Waals surface area contributed by atoms with E-state index in [4.69, 9.17) is 0 Å². The zero-order valence-electron chi connectivity index (χ0n) is 13.3. The van der Waals surface area contributed by atoms with E-state index in [1.807, 2.05) is 0 Å². The normalized spacial score (nSPS) is 37.5. The van der Waals surface area contributed by atoms with E-state index in [2.05, 4.69) is 31.0 Å². The number of rotatable bonds is 4. The van der Waals surface area contributed by atoms with Crippen LogP contribution in [-0.2, 0) is 4.79 Å². The Labute approximate surface area is 123 Å². The monoisotopic (exact) mass is 278 g/mol. The van der Waals surface area contributed by atoms with Gasteiger partial charge >= 0.3 is 0 Å². The van der Waals surface area contributed by atoms with Gasteiger partial charge in [-0.25, -0.2) is 0 Å². The third kappa shape index (κ3) is 2.18. The maximum atomic E-state index is 13.0. The molecule has 3 fully saturated rings. The summed E-state index contributed by atoms with van der Waals surface area (Å²) in [7, 11) is 0. The lowest BCUT2D eigenvalue weighted by atomic mass is 9.79. The predicted octanol–water partition coefficient (Wildman–Crippen LogP) is 3.29. The lowest BCUT2D eigenvalue weighted by Crippen LogP contribution is -2.50. The smallest absolute Gasteiger partial charge is 0.244 e. The molecule has 3 atom stereocenters. The fourth-order valence-electron chi connectivity index (χ4n) is 4.33. The Kier molecular flexibility index (Phi) is 3.83. The van der Waals surface area contributed by atoms with Gasteiger partial charge in [0.2, 0.25) is 5.91 Å². The number of hydrogen-bond acceptors (Lipinski definition) is 2. The van der Waals surface area contributed by atoms with Gasteiger partial charge in [0.15, 0.2) is 0 Å². The van der Waals surface area contributed by atoms with Crippen molar-refractivity contribution in [2.75, 3.05) is 0 Å². The van der Waals surface area contributed by atoms with Crippen LogP contribution >= 0.6 is 0 Å². The maximum absolute atomic E-state index is 13.0. The summed E-state index contributed by atoms with van der Waals surface area (Å²) in [4.78, 5) is 15.2. The van der Waals surface area contributed by atoms with Crippen molar-refractivity contribution >= 4 is 5.91 Å². The molecule has 0 radical (unpaired) electrons. The molecule has 0 aromatic rings. The van der Waals surface area contributed by atoms with Crippen molar-refractivity contribution in [3.05, 3.63) is 0 Å². The van der Waals surface area contributed by atoms with Crippen molar-refractivity contribution < 1.29 is 4.79 Å². The van der Waals surface area contributed by atoms with Crippen LogP contribution in [-0.4, -0.2) is 28.6 Å². The van der Waals surface area contributed by atoms with Crippen molar-refractivity contribution in [1.29, 1.82) is 0 Å². The summed E-state index contributed by atoms with van der Waals surface area (Å²) in [6.07, 6.45) is 10.4. The summed E-state index contributed by atoms with van der Waals surface area (Å²) < 4.78 is 0. The second-order valence-electron chi connectivity index (χ2n) is 7.46. The Morgan fingerprint density at radius 3 is 2.40 bits per heavy atom. The van der Waals surface area contributed by atoms with E-state index >= 15 is 0 Å². The van der Waals surface area contributed by atoms with Gasteiger partial charge in [0, 0.05) is 6.04 Å². The van der Waals surface area contributed by atoms with E-state index in [1.54, 1.807) is 0 Å². The molecule has 0 spiro atoms. The minimum Gasteiger partial charge on any atom is -0.322 e. The molecule has 0 bridgehead atoms. The van der Waals surface area contributed by atoms with Crippen LogP contribution in [0.1, 0.15) is 72.1 Å². The first-order chi connectivity index (χ1) is 9.57. The quantitative estimate of drug-likeness (QED) is 0.856. The number of carbonyl (C=O) groups is 1. The molecule has 2 saturated carbocycles. The third-order valence-corrected chi connectivity index (χ3v) is 6.30. The van der Waals surface area contributed by atoms with Crippen LogP contribution in [0.4, 0.5) is 0 Å². The van der Waals surface area contributed by atoms with Crippen LogP contribution in [0.25, 0.3) is 0 Å². The highest BCUT2D eigenvalue weighted by atomic mass is 16.2. The predicted molar refractivity (Wildman–Crippen MR) is 81.2 cm³/mol. The Balaban J connectivity index is 1.83. The molecule has 1 amide bonds. The Morgan fingerprint density at radius 1 is 1.25 bits per heavy atom. The molecule has 3 aliphatic rings. The van der Waals surface area contributed by atoms with E-state index in [9.17, 15) is 4.79 Å². The first kappa shape index (κ1) is 14.4. The van der Waals surface area contributed by atoms with Gasteiger partial charge in [-0.2, -0.15) is 0 Å². The minimum atomic E-state index is -0.328. The molecule has 1 aliphatic heterocycles. The molecule has 3 heteroatoms. The molecule has 1 saturated heterocycles. The fraction of sp³-hybridized carbons (Fsp3) is 0.941. The Hall–Kier alpha value is -0.570. The number of amides is 1. The average Bonchev–Trinajstić information content (AvgIpc) is 2.96. The SMILES string of the molecule is CCC1(C)NC(C2CCCC2)N(C(C)C2CCC2)C1=O. The van der Waals surface area contributed by atoms with E-state index < -0.39 is 0 Å². The summed E-state index contributed by atoms with van der Waals surface area (Å²) in [5.74, 6) is 1.77. The Morgan fingerprint density at radius 2 is 1.90 bits per heavy atom. The van der Waals surface area contributed by atoms with Gasteiger partial charge < -0.3 is 4.90 Å². The molecule has 2 aliphatic carbocycles. The summed E-state index contributed by atoms with van der Waals surface area (Å²) in [6, 6.07) is 0.419. The third-order valence-electron chi connectivity index (χ3n) is 6.30. The van der Waals surface area contributed by atoms with E-state index in [1.165, 1.54) is 44.9 Å². The second-order valence-corrected chi connectivity index (χ2v) is 7.46. The molecule has 3 nitrogen and oxygen atoms in total. The van der Waals surface area contributed by atoms with Gasteiger partial charge in [-0.3, -0.25) is 10.1 Å². The highest BCUT2D eigenvalue weighted by molar-refractivity contribution is 5.88. The molecule has 1 heterocycles. The first-order valence-electron chi connectivity index (χ1n) is 8.67. The van der Waals surface area contributed by atoms with Gasteiger partial charge in [-0.15, -0.1) is 0 Å². The van der Waals surface area contributed by atoms with Crippen LogP contribution in [0.2, 0.25) is 0 Å². The maximum Gasteiger partial charge on any atom is 0.244 e. The topological polar surface area (TPSA) is 32.3 Å². The van der Waals surface area contributed by atoms with Gasteiger partial charge in [0.25, 0.3) is 0 Å². The average molecular weight is 278 g/mol. The number of carbonyl (C=O) groups excluding carboxylic acids is 1. The first-order valence-corrected chi connectivity index (χ1v) is 8.67. The number of nitrogens with zero attached hydrogens (tertiary/aromatic N) is 1. The van der Waals surface area contributed by atoms with E-state index in [-0.39, 0.29) is 5.54 Å². The van der Waals surface area contributed by atoms with E-state index in [0.29, 0.717) is 24.0 Å². The highest BCUT2D eigenvalue weighted by Crippen LogP contribution is 2.40. The molecular formula is C17H30N2O. The zero-order chi connectivity index (χ0) is 14.3. The van der Waals surface area contributed by atoms with Crippen LogP contribution in [0, 0.1) is 11.8 Å². The molecule has 1 N–H and O–H groups in total. The molecule has 3 rings (SSSR count). The fourth-order valence-corrected chi connectivity index (χ4v) is 4.33. The van der Waals surface area contributed by atoms with Crippen molar-refractivity contribution in [3.63, 3.8) is 0 Å². The minimum absolute atomic E-state index is 0.297. The number of hydrogen-bond donors (Lipinski definition) is 1. The van der Waals surface area contributed by atoms with E-state index in [0.717, 1.165) is 12.3 Å². The largest absolute Gasteiger partial charge is 0.322 e. The summed E-state index contributed by atoms with van der Waals surface area (Å²) in [5, 5.41) is 3.72. The van der Waals surface area contributed by atoms with Crippen molar-refractivity contribution in [2.24, 2.45) is 11.8 Å². The molecule has 20 heavy (non-hydrogen) atoms. The standard InChI is InChI=1S/C17H30N2O/c1-4-17(3)16(20)19(12(2)13-10-7-11-13)15(18-17)14-8-5-6-9-14/h12-15,18H,4-11H2,1-3H3. The second kappa shape index (κ2) is 5.32. The number of nitrogens with one attached hydrogen (secondary N) is 1. The lowest BCUT2D eigenvalue weighted by molar-refractivity contribution is -0.137. The molecule has 114 valence electrons. The van der Waals surface area contributed by atoms with Gasteiger partial charge in [0.1, 0.15) is 0 Å². The molecular weight excluding hydrogens is 248 g/mol. The molecule has 3 unspecified atom stereocenters. The van der Waals surface area contributed by atoms with Gasteiger partial charge in [0.05, 0.1) is 11.7 Å². The molecule has 0 aromatic carbocycles. The molecule has 0 aromatic heterocycles. The zero-order valence-corrected chi connectivity index (χ0v) is 13.3. The van der Waals surface area contributed by atoms with Crippen molar-refractivity contribution in [2.45, 2.75) is 89.9 Å². The summed E-state index contributed by atoms with van der Waals surface area (Å²) in [6.45, 7) is 6.52. The van der Waals surface area contributed by atoms with Crippen LogP contribution in [0.5, 0.6) is 0 Å².